The fourth-order valence-electron chi connectivity index (χ4n) is 2.28. The van der Waals surface area contributed by atoms with Gasteiger partial charge in [0.05, 0.1) is 16.4 Å². The second-order valence-electron chi connectivity index (χ2n) is 5.03. The molecule has 1 heterocycles. The molecule has 1 atom stereocenters. The molecule has 0 aromatic heterocycles. The Bertz CT molecular complexity index is 683. The largest absolute Gasteiger partial charge is 0.309 e. The Morgan fingerprint density at radius 1 is 1.35 bits per heavy atom. The van der Waals surface area contributed by atoms with Crippen LogP contribution in [0.3, 0.4) is 0 Å². The van der Waals surface area contributed by atoms with E-state index in [4.69, 9.17) is 5.14 Å². The molecule has 112 valence electrons. The van der Waals surface area contributed by atoms with Crippen LogP contribution in [0.5, 0.6) is 0 Å². The lowest BCUT2D eigenvalue weighted by molar-refractivity contribution is 0.480. The normalized spacial score (nSPS) is 22.6. The molecule has 1 saturated heterocycles. The van der Waals surface area contributed by atoms with Crippen molar-refractivity contribution in [1.82, 2.24) is 5.32 Å². The Hall–Kier alpha value is -0.960. The third kappa shape index (κ3) is 4.27. The molecule has 0 bridgehead atoms. The predicted molar refractivity (Wildman–Crippen MR) is 76.3 cm³/mol. The Kier molecular flexibility index (Phi) is 4.48. The lowest BCUT2D eigenvalue weighted by atomic mass is 10.1. The minimum atomic E-state index is -3.71. The summed E-state index contributed by atoms with van der Waals surface area (Å²) in [5.74, 6) is 0.397. The minimum Gasteiger partial charge on any atom is -0.309 e. The number of nitrogens with two attached hydrogens (primary N) is 1. The van der Waals surface area contributed by atoms with Crippen molar-refractivity contribution in [3.8, 4) is 0 Å². The van der Waals surface area contributed by atoms with Gasteiger partial charge in [-0.3, -0.25) is 0 Å². The van der Waals surface area contributed by atoms with Gasteiger partial charge in [0.1, 0.15) is 0 Å². The number of nitrogens with one attached hydrogen (secondary N) is 1. The van der Waals surface area contributed by atoms with Crippen LogP contribution in [0.4, 0.5) is 0 Å². The highest BCUT2D eigenvalue weighted by molar-refractivity contribution is 7.91. The van der Waals surface area contributed by atoms with Crippen molar-refractivity contribution in [2.75, 3.05) is 11.5 Å². The van der Waals surface area contributed by atoms with Gasteiger partial charge in [0.2, 0.25) is 10.0 Å². The third-order valence-electron chi connectivity index (χ3n) is 3.28. The van der Waals surface area contributed by atoms with E-state index in [1.807, 2.05) is 0 Å². The fourth-order valence-corrected chi connectivity index (χ4v) is 4.53. The van der Waals surface area contributed by atoms with Crippen molar-refractivity contribution in [3.63, 3.8) is 0 Å². The zero-order valence-electron chi connectivity index (χ0n) is 10.9. The summed E-state index contributed by atoms with van der Waals surface area (Å²) in [7, 11) is -6.66. The molecule has 1 fully saturated rings. The lowest BCUT2D eigenvalue weighted by Gasteiger charge is -2.23. The second kappa shape index (κ2) is 5.80. The average molecular weight is 318 g/mol. The maximum atomic E-state index is 11.5. The van der Waals surface area contributed by atoms with Gasteiger partial charge in [-0.05, 0) is 30.5 Å². The van der Waals surface area contributed by atoms with Crippen LogP contribution in [0, 0.1) is 0 Å². The van der Waals surface area contributed by atoms with Gasteiger partial charge in [0.25, 0.3) is 0 Å². The van der Waals surface area contributed by atoms with E-state index in [-0.39, 0.29) is 22.4 Å². The van der Waals surface area contributed by atoms with E-state index in [1.54, 1.807) is 12.1 Å². The number of hydrogen-bond acceptors (Lipinski definition) is 5. The van der Waals surface area contributed by atoms with Gasteiger partial charge < -0.3 is 5.32 Å². The Morgan fingerprint density at radius 2 is 2.10 bits per heavy atom. The molecular formula is C12H18N2O4S2. The van der Waals surface area contributed by atoms with E-state index in [9.17, 15) is 16.8 Å². The highest BCUT2D eigenvalue weighted by Gasteiger charge is 2.24. The van der Waals surface area contributed by atoms with Crippen molar-refractivity contribution in [2.45, 2.75) is 30.3 Å². The summed E-state index contributed by atoms with van der Waals surface area (Å²) in [6, 6.07) is 6.25. The quantitative estimate of drug-likeness (QED) is 0.813. The smallest absolute Gasteiger partial charge is 0.238 e. The predicted octanol–water partition coefficient (Wildman–Crippen LogP) is 0.000800. The zero-order chi connectivity index (χ0) is 14.8. The number of hydrogen-bond donors (Lipinski definition) is 2. The highest BCUT2D eigenvalue weighted by atomic mass is 32.2. The van der Waals surface area contributed by atoms with E-state index in [0.29, 0.717) is 13.0 Å². The maximum Gasteiger partial charge on any atom is 0.238 e. The van der Waals surface area contributed by atoms with Crippen LogP contribution in [0.2, 0.25) is 0 Å². The van der Waals surface area contributed by atoms with E-state index in [2.05, 4.69) is 5.32 Å². The number of sulfonamides is 1. The summed E-state index contributed by atoms with van der Waals surface area (Å²) in [5.41, 5.74) is 0.763. The standard InChI is InChI=1S/C12H18N2O4S2/c13-20(17,18)12-5-1-3-10(7-12)8-14-11-4-2-6-19(15,16)9-11/h1,3,5,7,11,14H,2,4,6,8-9H2,(H2,13,17,18). The van der Waals surface area contributed by atoms with Gasteiger partial charge in [-0.15, -0.1) is 0 Å². The molecule has 1 aromatic carbocycles. The highest BCUT2D eigenvalue weighted by Crippen LogP contribution is 2.14. The van der Waals surface area contributed by atoms with Gasteiger partial charge >= 0.3 is 0 Å². The van der Waals surface area contributed by atoms with Crippen molar-refractivity contribution in [3.05, 3.63) is 29.8 Å². The summed E-state index contributed by atoms with van der Waals surface area (Å²) in [4.78, 5) is 0.0630. The summed E-state index contributed by atoms with van der Waals surface area (Å²) in [6.07, 6.45) is 1.48. The van der Waals surface area contributed by atoms with Gasteiger partial charge in [-0.25, -0.2) is 22.0 Å². The first-order valence-electron chi connectivity index (χ1n) is 6.32. The fraction of sp³-hybridized carbons (Fsp3) is 0.500. The molecule has 3 N–H and O–H groups in total. The molecular weight excluding hydrogens is 300 g/mol. The lowest BCUT2D eigenvalue weighted by Crippen LogP contribution is -2.39. The average Bonchev–Trinajstić information content (AvgIpc) is 2.35. The van der Waals surface area contributed by atoms with E-state index >= 15 is 0 Å². The maximum absolute atomic E-state index is 11.5. The Labute approximate surface area is 119 Å². The van der Waals surface area contributed by atoms with Crippen LogP contribution < -0.4 is 10.5 Å². The van der Waals surface area contributed by atoms with Crippen molar-refractivity contribution in [2.24, 2.45) is 5.14 Å². The van der Waals surface area contributed by atoms with Crippen LogP contribution in [-0.4, -0.2) is 34.4 Å². The molecule has 2 rings (SSSR count). The molecule has 6 nitrogen and oxygen atoms in total. The van der Waals surface area contributed by atoms with Crippen LogP contribution >= 0.6 is 0 Å². The molecule has 1 aromatic rings. The molecule has 0 amide bonds. The van der Waals surface area contributed by atoms with Crippen molar-refractivity contribution >= 4 is 19.9 Å². The Balaban J connectivity index is 2.01. The number of rotatable bonds is 4. The number of primary sulfonamides is 1. The van der Waals surface area contributed by atoms with Gasteiger partial charge in [0, 0.05) is 12.6 Å². The summed E-state index contributed by atoms with van der Waals surface area (Å²) >= 11 is 0. The molecule has 0 spiro atoms. The summed E-state index contributed by atoms with van der Waals surface area (Å²) in [6.45, 7) is 0.420. The van der Waals surface area contributed by atoms with E-state index in [1.165, 1.54) is 12.1 Å². The summed E-state index contributed by atoms with van der Waals surface area (Å²) in [5, 5.41) is 8.23. The second-order valence-corrected chi connectivity index (χ2v) is 8.82. The topological polar surface area (TPSA) is 106 Å². The molecule has 8 heteroatoms. The molecule has 1 unspecified atom stereocenters. The SMILES string of the molecule is NS(=O)(=O)c1cccc(CNC2CCCS(=O)(=O)C2)c1. The molecule has 1 aliphatic heterocycles. The zero-order valence-corrected chi connectivity index (χ0v) is 12.6. The van der Waals surface area contributed by atoms with Gasteiger partial charge in [-0.1, -0.05) is 12.1 Å². The van der Waals surface area contributed by atoms with Crippen LogP contribution in [0.25, 0.3) is 0 Å². The molecule has 20 heavy (non-hydrogen) atoms. The minimum absolute atomic E-state index is 0.0630. The van der Waals surface area contributed by atoms with Gasteiger partial charge in [-0.2, -0.15) is 0 Å². The molecule has 0 radical (unpaired) electrons. The first-order valence-corrected chi connectivity index (χ1v) is 9.69. The van der Waals surface area contributed by atoms with E-state index < -0.39 is 19.9 Å². The molecule has 1 aliphatic rings. The first-order chi connectivity index (χ1) is 9.26. The Morgan fingerprint density at radius 3 is 2.75 bits per heavy atom. The number of sulfone groups is 1. The third-order valence-corrected chi connectivity index (χ3v) is 6.02. The van der Waals surface area contributed by atoms with Crippen molar-refractivity contribution < 1.29 is 16.8 Å². The summed E-state index contributed by atoms with van der Waals surface area (Å²) < 4.78 is 45.6. The number of benzene rings is 1. The van der Waals surface area contributed by atoms with Crippen molar-refractivity contribution in [1.29, 1.82) is 0 Å². The van der Waals surface area contributed by atoms with E-state index in [0.717, 1.165) is 12.0 Å². The van der Waals surface area contributed by atoms with Crippen LogP contribution in [0.1, 0.15) is 18.4 Å². The first kappa shape index (κ1) is 15.4. The van der Waals surface area contributed by atoms with Crippen LogP contribution in [-0.2, 0) is 26.4 Å². The monoisotopic (exact) mass is 318 g/mol. The van der Waals surface area contributed by atoms with Crippen LogP contribution in [0.15, 0.2) is 29.2 Å². The van der Waals surface area contributed by atoms with Gasteiger partial charge in [0.15, 0.2) is 9.84 Å². The molecule has 0 aliphatic carbocycles. The molecule has 0 saturated carbocycles.